The van der Waals surface area contributed by atoms with Gasteiger partial charge in [-0.25, -0.2) is 15.0 Å². The molecule has 3 aromatic heterocycles. The Balaban J connectivity index is 1.31. The number of alkyl halides is 3. The third-order valence-corrected chi connectivity index (χ3v) is 8.13. The number of benzene rings is 1. The second-order valence-electron chi connectivity index (χ2n) is 11.4. The number of hydrogen-bond donors (Lipinski definition) is 2. The van der Waals surface area contributed by atoms with E-state index < -0.39 is 23.1 Å². The van der Waals surface area contributed by atoms with Crippen molar-refractivity contribution < 1.29 is 27.5 Å². The van der Waals surface area contributed by atoms with Gasteiger partial charge >= 0.3 is 6.18 Å². The molecule has 3 N–H and O–H groups in total. The number of amides is 2. The maximum atomic E-state index is 13.3. The van der Waals surface area contributed by atoms with Gasteiger partial charge in [0.15, 0.2) is 0 Å². The number of pyridine rings is 1. The highest BCUT2D eigenvalue weighted by Gasteiger charge is 2.45. The van der Waals surface area contributed by atoms with Crippen LogP contribution in [0.15, 0.2) is 55.4 Å². The van der Waals surface area contributed by atoms with E-state index in [1.807, 2.05) is 16.2 Å². The predicted octanol–water partition coefficient (Wildman–Crippen LogP) is 5.03. The lowest BCUT2D eigenvalue weighted by Gasteiger charge is -2.42. The van der Waals surface area contributed by atoms with Crippen molar-refractivity contribution in [3.63, 3.8) is 0 Å². The largest absolute Gasteiger partial charge is 0.416 e. The van der Waals surface area contributed by atoms with Gasteiger partial charge in [0.1, 0.15) is 28.7 Å². The van der Waals surface area contributed by atoms with Gasteiger partial charge in [-0.15, -0.1) is 0 Å². The molecule has 0 bridgehead atoms. The van der Waals surface area contributed by atoms with E-state index in [0.717, 1.165) is 37.0 Å². The van der Waals surface area contributed by atoms with Crippen molar-refractivity contribution in [1.29, 1.82) is 0 Å². The Hall–Kier alpha value is -4.78. The van der Waals surface area contributed by atoms with Gasteiger partial charge in [0.25, 0.3) is 5.91 Å². The Bertz CT molecular complexity index is 1760. The molecule has 5 heterocycles. The lowest BCUT2D eigenvalue weighted by atomic mass is 9.85. The van der Waals surface area contributed by atoms with Crippen LogP contribution >= 0.6 is 0 Å². The molecule has 2 amide bonds. The first-order valence-corrected chi connectivity index (χ1v) is 14.1. The number of carbonyl (C=O) groups is 2. The van der Waals surface area contributed by atoms with E-state index in [4.69, 9.17) is 15.5 Å². The summed E-state index contributed by atoms with van der Waals surface area (Å²) in [6, 6.07) is 8.08. The van der Waals surface area contributed by atoms with Crippen LogP contribution in [0, 0.1) is 5.41 Å². The SMILES string of the molecule is C=Cc1cnc(N)c2c(-c3ccc(C(=O)Nc4cc(C(F)(F)F)ccn4)cc3)nc(C3CCCN(C(=O)C4(C)COC4)C3)n12. The molecule has 4 aromatic rings. The second kappa shape index (κ2) is 11.1. The number of nitrogens with two attached hydrogens (primary N) is 1. The van der Waals surface area contributed by atoms with E-state index in [1.54, 1.807) is 36.5 Å². The van der Waals surface area contributed by atoms with E-state index in [0.29, 0.717) is 48.8 Å². The Labute approximate surface area is 250 Å². The zero-order chi connectivity index (χ0) is 31.2. The summed E-state index contributed by atoms with van der Waals surface area (Å²) in [6.07, 6.45) is 1.35. The topological polar surface area (TPSA) is 128 Å². The van der Waals surface area contributed by atoms with Crippen LogP contribution in [0.2, 0.25) is 0 Å². The van der Waals surface area contributed by atoms with Crippen LogP contribution in [0.4, 0.5) is 24.8 Å². The van der Waals surface area contributed by atoms with Crippen LogP contribution in [0.25, 0.3) is 22.9 Å². The number of ether oxygens (including phenoxy) is 1. The number of halogens is 3. The molecule has 44 heavy (non-hydrogen) atoms. The van der Waals surface area contributed by atoms with Crippen LogP contribution in [0.5, 0.6) is 0 Å². The Morgan fingerprint density at radius 1 is 1.18 bits per heavy atom. The molecule has 1 atom stereocenters. The summed E-state index contributed by atoms with van der Waals surface area (Å²) in [5.41, 5.74) is 7.64. The van der Waals surface area contributed by atoms with Gasteiger partial charge in [-0.2, -0.15) is 13.2 Å². The smallest absolute Gasteiger partial charge is 0.382 e. The Kier molecular flexibility index (Phi) is 7.36. The van der Waals surface area contributed by atoms with Gasteiger partial charge in [0.2, 0.25) is 5.91 Å². The maximum Gasteiger partial charge on any atom is 0.416 e. The van der Waals surface area contributed by atoms with Crippen molar-refractivity contribution in [2.45, 2.75) is 31.9 Å². The fourth-order valence-electron chi connectivity index (χ4n) is 5.74. The van der Waals surface area contributed by atoms with Gasteiger partial charge in [-0.05, 0) is 50.1 Å². The van der Waals surface area contributed by atoms with E-state index in [-0.39, 0.29) is 29.0 Å². The number of fused-ring (bicyclic) bond motifs is 1. The number of hydrogen-bond acceptors (Lipinski definition) is 7. The number of nitrogen functional groups attached to an aromatic ring is 1. The molecule has 2 aliphatic heterocycles. The molecule has 1 unspecified atom stereocenters. The third kappa shape index (κ3) is 5.27. The molecule has 0 aliphatic carbocycles. The number of anilines is 2. The van der Waals surface area contributed by atoms with Crippen molar-refractivity contribution >= 4 is 35.0 Å². The molecule has 13 heteroatoms. The van der Waals surface area contributed by atoms with E-state index in [9.17, 15) is 22.8 Å². The molecular formula is C31H30F3N7O3. The summed E-state index contributed by atoms with van der Waals surface area (Å²) in [5.74, 6) is 0.145. The molecule has 0 saturated carbocycles. The highest BCUT2D eigenvalue weighted by Crippen LogP contribution is 2.37. The standard InChI is InChI=1S/C31H30F3N7O3/c1-3-22-14-37-26(35)25-24(39-27(41(22)25)20-5-4-12-40(15-20)29(43)30(2)16-44-17-30)18-6-8-19(9-7-18)28(42)38-23-13-21(10-11-36-23)31(32,33)34/h3,6-11,13-14,20H,1,4-5,12,15-17H2,2H3,(H2,35,37)(H,36,38,42). The average molecular weight is 606 g/mol. The van der Waals surface area contributed by atoms with E-state index in [1.165, 1.54) is 0 Å². The Morgan fingerprint density at radius 2 is 1.93 bits per heavy atom. The van der Waals surface area contributed by atoms with Gasteiger partial charge in [-0.1, -0.05) is 18.7 Å². The highest BCUT2D eigenvalue weighted by molar-refractivity contribution is 6.04. The molecule has 2 fully saturated rings. The first kappa shape index (κ1) is 29.3. The lowest BCUT2D eigenvalue weighted by Crippen LogP contribution is -2.55. The number of nitrogens with zero attached hydrogens (tertiary/aromatic N) is 5. The van der Waals surface area contributed by atoms with Crippen molar-refractivity contribution in [1.82, 2.24) is 24.3 Å². The van der Waals surface area contributed by atoms with Crippen molar-refractivity contribution in [2.24, 2.45) is 5.41 Å². The zero-order valence-corrected chi connectivity index (χ0v) is 23.9. The number of rotatable bonds is 6. The minimum absolute atomic E-state index is 0.0776. The number of piperidine rings is 1. The molecular weight excluding hydrogens is 575 g/mol. The molecule has 0 spiro atoms. The van der Waals surface area contributed by atoms with Crippen molar-refractivity contribution in [3.8, 4) is 11.3 Å². The minimum Gasteiger partial charge on any atom is -0.382 e. The van der Waals surface area contributed by atoms with Crippen LogP contribution in [-0.2, 0) is 15.7 Å². The fraction of sp³-hybridized carbons (Fsp3) is 0.323. The molecule has 2 aliphatic rings. The summed E-state index contributed by atoms with van der Waals surface area (Å²) >= 11 is 0. The molecule has 10 nitrogen and oxygen atoms in total. The van der Waals surface area contributed by atoms with Crippen LogP contribution in [0.3, 0.4) is 0 Å². The summed E-state index contributed by atoms with van der Waals surface area (Å²) < 4.78 is 46.5. The van der Waals surface area contributed by atoms with E-state index in [2.05, 4.69) is 21.9 Å². The third-order valence-electron chi connectivity index (χ3n) is 8.13. The minimum atomic E-state index is -4.56. The van der Waals surface area contributed by atoms with E-state index >= 15 is 0 Å². The fourth-order valence-corrected chi connectivity index (χ4v) is 5.74. The molecule has 0 radical (unpaired) electrons. The second-order valence-corrected chi connectivity index (χ2v) is 11.4. The maximum absolute atomic E-state index is 13.3. The van der Waals surface area contributed by atoms with Crippen molar-refractivity contribution in [2.75, 3.05) is 37.4 Å². The number of likely N-dealkylation sites (tertiary alicyclic amines) is 1. The highest BCUT2D eigenvalue weighted by atomic mass is 19.4. The monoisotopic (exact) mass is 605 g/mol. The summed E-state index contributed by atoms with van der Waals surface area (Å²) in [7, 11) is 0. The Morgan fingerprint density at radius 3 is 2.59 bits per heavy atom. The van der Waals surface area contributed by atoms with Crippen LogP contribution in [0.1, 0.15) is 53.1 Å². The number of aromatic nitrogens is 4. The van der Waals surface area contributed by atoms with Gasteiger partial charge < -0.3 is 20.7 Å². The quantitative estimate of drug-likeness (QED) is 0.316. The average Bonchev–Trinajstić information content (AvgIpc) is 3.41. The summed E-state index contributed by atoms with van der Waals surface area (Å²) in [6.45, 7) is 7.85. The summed E-state index contributed by atoms with van der Waals surface area (Å²) in [4.78, 5) is 41.2. The number of imidazole rings is 1. The predicted molar refractivity (Wildman–Crippen MR) is 158 cm³/mol. The molecule has 2 saturated heterocycles. The van der Waals surface area contributed by atoms with Gasteiger partial charge in [-0.3, -0.25) is 14.0 Å². The van der Waals surface area contributed by atoms with Crippen LogP contribution in [-0.4, -0.2) is 62.4 Å². The lowest BCUT2D eigenvalue weighted by molar-refractivity contribution is -0.170. The molecule has 6 rings (SSSR count). The van der Waals surface area contributed by atoms with Crippen molar-refractivity contribution in [3.05, 3.63) is 78.0 Å². The van der Waals surface area contributed by atoms with Crippen LogP contribution < -0.4 is 11.1 Å². The van der Waals surface area contributed by atoms with Gasteiger partial charge in [0.05, 0.1) is 36.1 Å². The number of carbonyl (C=O) groups excluding carboxylic acids is 2. The number of nitrogens with one attached hydrogen (secondary N) is 1. The first-order chi connectivity index (χ1) is 21.0. The first-order valence-electron chi connectivity index (χ1n) is 14.1. The molecule has 1 aromatic carbocycles. The zero-order valence-electron chi connectivity index (χ0n) is 23.9. The normalized spacial score (nSPS) is 18.1. The molecule has 228 valence electrons. The summed E-state index contributed by atoms with van der Waals surface area (Å²) in [5, 5.41) is 2.41. The van der Waals surface area contributed by atoms with Gasteiger partial charge in [0, 0.05) is 36.3 Å².